The second kappa shape index (κ2) is 6.03. The number of aryl methyl sites for hydroxylation is 1. The predicted molar refractivity (Wildman–Crippen MR) is 104 cm³/mol. The number of aromatic nitrogens is 4. The Labute approximate surface area is 162 Å². The number of amides is 1. The minimum absolute atomic E-state index is 0.262. The third-order valence-electron chi connectivity index (χ3n) is 5.11. The molecule has 0 spiro atoms. The Morgan fingerprint density at radius 2 is 2.07 bits per heavy atom. The van der Waals surface area contributed by atoms with Gasteiger partial charge in [0.15, 0.2) is 5.13 Å². The Kier molecular flexibility index (Phi) is 3.70. The number of carbonyl (C=O) groups is 1. The number of halogens is 2. The van der Waals surface area contributed by atoms with Crippen LogP contribution in [0.3, 0.4) is 0 Å². The highest BCUT2D eigenvalue weighted by Gasteiger charge is 2.43. The van der Waals surface area contributed by atoms with E-state index in [0.29, 0.717) is 43.4 Å². The molecule has 142 valence electrons. The molecule has 2 unspecified atom stereocenters. The summed E-state index contributed by atoms with van der Waals surface area (Å²) in [7, 11) is 0. The van der Waals surface area contributed by atoms with E-state index >= 15 is 0 Å². The third kappa shape index (κ3) is 2.57. The van der Waals surface area contributed by atoms with Gasteiger partial charge >= 0.3 is 0 Å². The molecular formula is C19H15F2N5OS. The number of carbonyl (C=O) groups excluding carboxylic acids is 1. The Morgan fingerprint density at radius 1 is 1.29 bits per heavy atom. The number of nitrogens with zero attached hydrogens (tertiary/aromatic N) is 3. The number of benzene rings is 1. The van der Waals surface area contributed by atoms with Gasteiger partial charge in [0.25, 0.3) is 0 Å². The summed E-state index contributed by atoms with van der Waals surface area (Å²) >= 11 is 1.21. The van der Waals surface area contributed by atoms with Gasteiger partial charge in [-0.05, 0) is 38.0 Å². The van der Waals surface area contributed by atoms with Crippen molar-refractivity contribution >= 4 is 43.6 Å². The summed E-state index contributed by atoms with van der Waals surface area (Å²) in [5, 5.41) is 10.7. The van der Waals surface area contributed by atoms with E-state index in [1.54, 1.807) is 32.2 Å². The number of fused-ring (bicyclic) bond motifs is 2. The predicted octanol–water partition coefficient (Wildman–Crippen LogP) is 4.29. The minimum atomic E-state index is -1.06. The quantitative estimate of drug-likeness (QED) is 0.538. The molecule has 28 heavy (non-hydrogen) atoms. The summed E-state index contributed by atoms with van der Waals surface area (Å²) in [6, 6.07) is 3.55. The Balaban J connectivity index is 1.58. The number of hydrogen-bond donors (Lipinski definition) is 2. The zero-order chi connectivity index (χ0) is 19.6. The van der Waals surface area contributed by atoms with Crippen molar-refractivity contribution in [2.45, 2.75) is 26.4 Å². The standard InChI is InChI=1S/C19H15F2N5OS/c1-7-14(10-6-22-26-16(10)8(2)15(7)21)12-3-4-13-18(23-12)28-19(24-13)25-17(27)9-5-11(9)20/h3-4,6,9,11H,5H2,1-2H3,(H,22,26)(H,24,25,27). The summed E-state index contributed by atoms with van der Waals surface area (Å²) in [6.07, 6.45) is 0.867. The third-order valence-corrected chi connectivity index (χ3v) is 5.99. The van der Waals surface area contributed by atoms with E-state index in [1.165, 1.54) is 11.3 Å². The number of pyridine rings is 1. The highest BCUT2D eigenvalue weighted by molar-refractivity contribution is 7.22. The molecule has 2 N–H and O–H groups in total. The smallest absolute Gasteiger partial charge is 0.232 e. The van der Waals surface area contributed by atoms with Gasteiger partial charge in [-0.3, -0.25) is 9.89 Å². The fourth-order valence-electron chi connectivity index (χ4n) is 3.44. The molecule has 1 saturated carbocycles. The largest absolute Gasteiger partial charge is 0.302 e. The number of rotatable bonds is 3. The Morgan fingerprint density at radius 3 is 2.82 bits per heavy atom. The summed E-state index contributed by atoms with van der Waals surface area (Å²) in [6.45, 7) is 3.43. The van der Waals surface area contributed by atoms with Gasteiger partial charge in [0.05, 0.1) is 23.3 Å². The molecular weight excluding hydrogens is 384 g/mol. The lowest BCUT2D eigenvalue weighted by molar-refractivity contribution is -0.117. The molecule has 3 aromatic heterocycles. The first-order valence-electron chi connectivity index (χ1n) is 8.78. The first-order chi connectivity index (χ1) is 13.4. The summed E-state index contributed by atoms with van der Waals surface area (Å²) < 4.78 is 27.7. The van der Waals surface area contributed by atoms with Crippen molar-refractivity contribution in [2.24, 2.45) is 5.92 Å². The first-order valence-corrected chi connectivity index (χ1v) is 9.60. The SMILES string of the molecule is Cc1c(F)c(C)c2[nH]ncc2c1-c1ccc2nc(NC(=O)C3CC3F)sc2n1. The molecule has 0 aliphatic heterocycles. The van der Waals surface area contributed by atoms with Gasteiger partial charge < -0.3 is 5.32 Å². The van der Waals surface area contributed by atoms with Gasteiger partial charge in [0.2, 0.25) is 5.91 Å². The topological polar surface area (TPSA) is 83.6 Å². The molecule has 1 fully saturated rings. The lowest BCUT2D eigenvalue weighted by Gasteiger charge is -2.10. The van der Waals surface area contributed by atoms with Gasteiger partial charge in [-0.1, -0.05) is 11.3 Å². The van der Waals surface area contributed by atoms with Crippen molar-refractivity contribution in [1.29, 1.82) is 0 Å². The van der Waals surface area contributed by atoms with E-state index in [9.17, 15) is 13.6 Å². The second-order valence-corrected chi connectivity index (χ2v) is 7.96. The number of H-pyrrole nitrogens is 1. The minimum Gasteiger partial charge on any atom is -0.302 e. The number of anilines is 1. The van der Waals surface area contributed by atoms with Crippen LogP contribution in [0.15, 0.2) is 18.3 Å². The van der Waals surface area contributed by atoms with Crippen molar-refractivity contribution < 1.29 is 13.6 Å². The van der Waals surface area contributed by atoms with E-state index in [2.05, 4.69) is 25.5 Å². The van der Waals surface area contributed by atoms with Crippen LogP contribution in [0.2, 0.25) is 0 Å². The molecule has 1 amide bonds. The van der Waals surface area contributed by atoms with Crippen molar-refractivity contribution in [3.05, 3.63) is 35.3 Å². The molecule has 0 radical (unpaired) electrons. The van der Waals surface area contributed by atoms with E-state index < -0.39 is 12.1 Å². The lowest BCUT2D eigenvalue weighted by atomic mass is 9.97. The highest BCUT2D eigenvalue weighted by Crippen LogP contribution is 2.37. The van der Waals surface area contributed by atoms with Crippen LogP contribution in [-0.2, 0) is 4.79 Å². The monoisotopic (exact) mass is 399 g/mol. The van der Waals surface area contributed by atoms with Crippen LogP contribution in [0.1, 0.15) is 17.5 Å². The molecule has 0 bridgehead atoms. The fourth-order valence-corrected chi connectivity index (χ4v) is 4.28. The van der Waals surface area contributed by atoms with Gasteiger partial charge in [0, 0.05) is 16.5 Å². The molecule has 6 nitrogen and oxygen atoms in total. The van der Waals surface area contributed by atoms with Gasteiger partial charge in [-0.2, -0.15) is 5.10 Å². The van der Waals surface area contributed by atoms with E-state index in [1.807, 2.05) is 0 Å². The molecule has 5 rings (SSSR count). The zero-order valence-electron chi connectivity index (χ0n) is 15.0. The van der Waals surface area contributed by atoms with Crippen molar-refractivity contribution in [3.8, 4) is 11.3 Å². The molecule has 1 aliphatic carbocycles. The summed E-state index contributed by atoms with van der Waals surface area (Å²) in [5.41, 5.74) is 3.55. The van der Waals surface area contributed by atoms with Crippen molar-refractivity contribution in [3.63, 3.8) is 0 Å². The normalized spacial score (nSPS) is 18.7. The maximum atomic E-state index is 14.7. The molecule has 2 atom stereocenters. The van der Waals surface area contributed by atoms with Crippen LogP contribution in [0.4, 0.5) is 13.9 Å². The van der Waals surface area contributed by atoms with E-state index in [-0.39, 0.29) is 18.1 Å². The summed E-state index contributed by atoms with van der Waals surface area (Å²) in [5.74, 6) is -1.23. The molecule has 0 saturated heterocycles. The van der Waals surface area contributed by atoms with Crippen LogP contribution in [0.25, 0.3) is 32.5 Å². The van der Waals surface area contributed by atoms with Gasteiger partial charge in [-0.25, -0.2) is 18.7 Å². The zero-order valence-corrected chi connectivity index (χ0v) is 15.8. The number of thiazole rings is 1. The van der Waals surface area contributed by atoms with Crippen LogP contribution in [-0.4, -0.2) is 32.2 Å². The first kappa shape index (κ1) is 17.2. The molecule has 9 heteroatoms. The van der Waals surface area contributed by atoms with Crippen LogP contribution in [0.5, 0.6) is 0 Å². The molecule has 1 aliphatic rings. The molecule has 3 heterocycles. The number of aromatic amines is 1. The summed E-state index contributed by atoms with van der Waals surface area (Å²) in [4.78, 5) is 21.5. The fraction of sp³-hybridized carbons (Fsp3) is 0.263. The van der Waals surface area contributed by atoms with Gasteiger partial charge in [0.1, 0.15) is 22.3 Å². The average molecular weight is 399 g/mol. The van der Waals surface area contributed by atoms with Crippen LogP contribution >= 0.6 is 11.3 Å². The second-order valence-electron chi connectivity index (χ2n) is 6.98. The van der Waals surface area contributed by atoms with Crippen molar-refractivity contribution in [1.82, 2.24) is 20.2 Å². The van der Waals surface area contributed by atoms with Gasteiger partial charge in [-0.15, -0.1) is 0 Å². The Bertz CT molecular complexity index is 1260. The average Bonchev–Trinajstić information content (AvgIpc) is 3.06. The van der Waals surface area contributed by atoms with Crippen molar-refractivity contribution in [2.75, 3.05) is 5.32 Å². The highest BCUT2D eigenvalue weighted by atomic mass is 32.1. The molecule has 4 aromatic rings. The number of alkyl halides is 1. The van der Waals surface area contributed by atoms with Crippen LogP contribution < -0.4 is 5.32 Å². The van der Waals surface area contributed by atoms with E-state index in [0.717, 1.165) is 5.39 Å². The maximum Gasteiger partial charge on any atom is 0.232 e. The molecule has 1 aromatic carbocycles. The maximum absolute atomic E-state index is 14.7. The lowest BCUT2D eigenvalue weighted by Crippen LogP contribution is -2.14. The van der Waals surface area contributed by atoms with Crippen LogP contribution in [0, 0.1) is 25.6 Å². The Hall–Kier alpha value is -2.94. The number of nitrogens with one attached hydrogen (secondary N) is 2. The van der Waals surface area contributed by atoms with E-state index in [4.69, 9.17) is 0 Å². The number of hydrogen-bond acceptors (Lipinski definition) is 5.